The van der Waals surface area contributed by atoms with Gasteiger partial charge in [-0.15, -0.1) is 0 Å². The van der Waals surface area contributed by atoms with Crippen LogP contribution in [0.4, 0.5) is 0 Å². The van der Waals surface area contributed by atoms with Gasteiger partial charge >= 0.3 is 0 Å². The lowest BCUT2D eigenvalue weighted by Gasteiger charge is -2.17. The van der Waals surface area contributed by atoms with E-state index in [9.17, 15) is 0 Å². The Morgan fingerprint density at radius 3 is 1.85 bits per heavy atom. The second kappa shape index (κ2) is 9.75. The molecule has 0 bridgehead atoms. The van der Waals surface area contributed by atoms with E-state index >= 15 is 0 Å². The van der Waals surface area contributed by atoms with Gasteiger partial charge in [-0.1, -0.05) is 66.7 Å². The van der Waals surface area contributed by atoms with Crippen LogP contribution in [0.3, 0.4) is 0 Å². The monoisotopic (exact) mass is 450 g/mol. The number of fused-ring (bicyclic) bond motifs is 3. The average Bonchev–Trinajstić information content (AvgIpc) is 2.90. The van der Waals surface area contributed by atoms with Crippen molar-refractivity contribution in [3.05, 3.63) is 108 Å². The van der Waals surface area contributed by atoms with E-state index in [2.05, 4.69) is 42.5 Å². The van der Waals surface area contributed by atoms with Gasteiger partial charge < -0.3 is 18.9 Å². The van der Waals surface area contributed by atoms with Crippen molar-refractivity contribution in [2.75, 3.05) is 14.2 Å². The zero-order chi connectivity index (χ0) is 23.3. The van der Waals surface area contributed by atoms with Gasteiger partial charge in [0.15, 0.2) is 11.5 Å². The third-order valence-electron chi connectivity index (χ3n) is 5.88. The molecular weight excluding hydrogens is 424 g/mol. The molecule has 0 spiro atoms. The zero-order valence-corrected chi connectivity index (χ0v) is 19.3. The quantitative estimate of drug-likeness (QED) is 0.235. The first kappa shape index (κ1) is 21.7. The molecule has 0 saturated heterocycles. The summed E-state index contributed by atoms with van der Waals surface area (Å²) in [6.07, 6.45) is 0. The van der Waals surface area contributed by atoms with Crippen LogP contribution >= 0.6 is 0 Å². The number of methoxy groups -OCH3 is 2. The Morgan fingerprint density at radius 2 is 1.21 bits per heavy atom. The Morgan fingerprint density at radius 1 is 0.559 bits per heavy atom. The molecule has 0 saturated carbocycles. The smallest absolute Gasteiger partial charge is 0.169 e. The minimum absolute atomic E-state index is 0.453. The van der Waals surface area contributed by atoms with Crippen molar-refractivity contribution in [2.45, 2.75) is 13.2 Å². The van der Waals surface area contributed by atoms with Crippen LogP contribution in [0.25, 0.3) is 21.5 Å². The Balaban J connectivity index is 1.62. The molecule has 170 valence electrons. The second-order valence-corrected chi connectivity index (χ2v) is 8.03. The van der Waals surface area contributed by atoms with Crippen molar-refractivity contribution in [1.29, 1.82) is 0 Å². The van der Waals surface area contributed by atoms with Gasteiger partial charge in [0.05, 0.1) is 14.2 Å². The van der Waals surface area contributed by atoms with Crippen LogP contribution in [0.1, 0.15) is 11.1 Å². The molecule has 5 aromatic rings. The highest BCUT2D eigenvalue weighted by Crippen LogP contribution is 2.43. The predicted molar refractivity (Wildman–Crippen MR) is 136 cm³/mol. The van der Waals surface area contributed by atoms with Crippen LogP contribution in [-0.4, -0.2) is 14.2 Å². The molecule has 0 fully saturated rings. The van der Waals surface area contributed by atoms with E-state index in [-0.39, 0.29) is 0 Å². The van der Waals surface area contributed by atoms with Gasteiger partial charge in [-0.05, 0) is 46.2 Å². The first-order valence-electron chi connectivity index (χ1n) is 11.2. The molecule has 0 aliphatic carbocycles. The van der Waals surface area contributed by atoms with Gasteiger partial charge in [-0.25, -0.2) is 0 Å². The summed E-state index contributed by atoms with van der Waals surface area (Å²) in [6, 6.07) is 32.4. The van der Waals surface area contributed by atoms with E-state index in [1.807, 2.05) is 54.6 Å². The summed E-state index contributed by atoms with van der Waals surface area (Å²) in [5.74, 6) is 2.94. The van der Waals surface area contributed by atoms with E-state index in [1.165, 1.54) is 0 Å². The second-order valence-electron chi connectivity index (χ2n) is 8.03. The lowest BCUT2D eigenvalue weighted by atomic mass is 9.99. The molecule has 4 nitrogen and oxygen atoms in total. The van der Waals surface area contributed by atoms with E-state index in [1.54, 1.807) is 14.2 Å². The minimum atomic E-state index is 0.453. The zero-order valence-electron chi connectivity index (χ0n) is 19.3. The van der Waals surface area contributed by atoms with Gasteiger partial charge in [0.25, 0.3) is 0 Å². The van der Waals surface area contributed by atoms with Gasteiger partial charge in [0, 0.05) is 16.8 Å². The molecule has 0 atom stereocenters. The van der Waals surface area contributed by atoms with Gasteiger partial charge in [0.1, 0.15) is 24.7 Å². The molecule has 0 aliphatic rings. The molecule has 5 rings (SSSR count). The Bertz CT molecular complexity index is 1410. The number of hydrogen-bond donors (Lipinski definition) is 0. The fourth-order valence-corrected chi connectivity index (χ4v) is 4.17. The normalized spacial score (nSPS) is 10.9. The summed E-state index contributed by atoms with van der Waals surface area (Å²) in [7, 11) is 3.33. The van der Waals surface area contributed by atoms with Crippen molar-refractivity contribution < 1.29 is 18.9 Å². The Kier molecular flexibility index (Phi) is 6.21. The fraction of sp³-hybridized carbons (Fsp3) is 0.133. The van der Waals surface area contributed by atoms with Crippen molar-refractivity contribution in [1.82, 2.24) is 0 Å². The summed E-state index contributed by atoms with van der Waals surface area (Å²) in [6.45, 7) is 0.918. The van der Waals surface area contributed by atoms with Crippen molar-refractivity contribution >= 4 is 21.5 Å². The molecule has 0 unspecified atom stereocenters. The lowest BCUT2D eigenvalue weighted by molar-refractivity contribution is 0.288. The highest BCUT2D eigenvalue weighted by Gasteiger charge is 2.16. The molecule has 0 aliphatic heterocycles. The maximum atomic E-state index is 6.33. The molecule has 0 radical (unpaired) electrons. The van der Waals surface area contributed by atoms with Crippen molar-refractivity contribution in [3.63, 3.8) is 0 Å². The summed E-state index contributed by atoms with van der Waals surface area (Å²) in [5.41, 5.74) is 2.20. The first-order valence-corrected chi connectivity index (χ1v) is 11.2. The van der Waals surface area contributed by atoms with Crippen LogP contribution < -0.4 is 18.9 Å². The number of hydrogen-bond acceptors (Lipinski definition) is 4. The molecular formula is C30H26O4. The van der Waals surface area contributed by atoms with Gasteiger partial charge in [-0.3, -0.25) is 0 Å². The summed E-state index contributed by atoms with van der Waals surface area (Å²) in [4.78, 5) is 0. The van der Waals surface area contributed by atoms with Gasteiger partial charge in [-0.2, -0.15) is 0 Å². The average molecular weight is 451 g/mol. The molecule has 5 aromatic carbocycles. The van der Waals surface area contributed by atoms with E-state index in [0.717, 1.165) is 49.9 Å². The summed E-state index contributed by atoms with van der Waals surface area (Å²) < 4.78 is 23.8. The topological polar surface area (TPSA) is 36.9 Å². The maximum Gasteiger partial charge on any atom is 0.169 e. The van der Waals surface area contributed by atoms with Crippen molar-refractivity contribution in [3.8, 4) is 23.0 Å². The SMILES string of the molecule is COc1cc(OCc2ccccc2)c2c(ccc3c(OCc4ccccc4)c(OC)ccc32)c1. The molecule has 0 aromatic heterocycles. The first-order chi connectivity index (χ1) is 16.8. The third-order valence-corrected chi connectivity index (χ3v) is 5.88. The molecule has 4 heteroatoms. The lowest BCUT2D eigenvalue weighted by Crippen LogP contribution is -2.00. The standard InChI is InChI=1S/C30H26O4/c1-31-24-17-23-13-14-26-25(29(23)28(18-24)33-19-21-9-5-3-6-10-21)15-16-27(32-2)30(26)34-20-22-11-7-4-8-12-22/h3-18H,19-20H2,1-2H3. The van der Waals surface area contributed by atoms with E-state index in [0.29, 0.717) is 19.0 Å². The Hall–Kier alpha value is -4.18. The highest BCUT2D eigenvalue weighted by atomic mass is 16.5. The predicted octanol–water partition coefficient (Wildman–Crippen LogP) is 7.17. The van der Waals surface area contributed by atoms with E-state index in [4.69, 9.17) is 18.9 Å². The number of rotatable bonds is 8. The van der Waals surface area contributed by atoms with Crippen LogP contribution in [0.5, 0.6) is 23.0 Å². The number of benzene rings is 5. The Labute approximate surface area is 199 Å². The van der Waals surface area contributed by atoms with Crippen LogP contribution in [-0.2, 0) is 13.2 Å². The number of ether oxygens (including phenoxy) is 4. The van der Waals surface area contributed by atoms with Gasteiger partial charge in [0.2, 0.25) is 0 Å². The molecule has 34 heavy (non-hydrogen) atoms. The van der Waals surface area contributed by atoms with E-state index < -0.39 is 0 Å². The maximum absolute atomic E-state index is 6.33. The van der Waals surface area contributed by atoms with Crippen LogP contribution in [0.2, 0.25) is 0 Å². The van der Waals surface area contributed by atoms with Crippen molar-refractivity contribution in [2.24, 2.45) is 0 Å². The molecule has 0 heterocycles. The third kappa shape index (κ3) is 4.35. The highest BCUT2D eigenvalue weighted by molar-refractivity contribution is 6.13. The van der Waals surface area contributed by atoms with Crippen LogP contribution in [0.15, 0.2) is 97.1 Å². The van der Waals surface area contributed by atoms with Crippen LogP contribution in [0, 0.1) is 0 Å². The molecule has 0 amide bonds. The summed E-state index contributed by atoms with van der Waals surface area (Å²) in [5, 5.41) is 4.06. The molecule has 0 N–H and O–H groups in total. The minimum Gasteiger partial charge on any atom is -0.497 e. The summed E-state index contributed by atoms with van der Waals surface area (Å²) >= 11 is 0. The fourth-order valence-electron chi connectivity index (χ4n) is 4.17. The largest absolute Gasteiger partial charge is 0.497 e.